The predicted molar refractivity (Wildman–Crippen MR) is 70.0 cm³/mol. The molecule has 0 heterocycles. The van der Waals surface area contributed by atoms with E-state index in [4.69, 9.17) is 9.47 Å². The Morgan fingerprint density at radius 1 is 1.00 bits per heavy atom. The highest BCUT2D eigenvalue weighted by molar-refractivity contribution is 5.71. The van der Waals surface area contributed by atoms with Gasteiger partial charge in [0.15, 0.2) is 0 Å². The van der Waals surface area contributed by atoms with E-state index in [1.165, 1.54) is 0 Å². The largest absolute Gasteiger partial charge is 0.465 e. The van der Waals surface area contributed by atoms with Crippen LogP contribution in [0.3, 0.4) is 0 Å². The van der Waals surface area contributed by atoms with E-state index in [0.29, 0.717) is 12.3 Å². The maximum Gasteiger partial charge on any atom is 0.308 e. The molecule has 0 aliphatic carbocycles. The number of rotatable bonds is 7. The quantitative estimate of drug-likeness (QED) is 0.659. The van der Waals surface area contributed by atoms with Gasteiger partial charge in [-0.05, 0) is 5.92 Å². The first kappa shape index (κ1) is 16.9. The highest BCUT2D eigenvalue weighted by atomic mass is 16.5. The smallest absolute Gasteiger partial charge is 0.308 e. The Bertz CT molecular complexity index is 280. The lowest BCUT2D eigenvalue weighted by molar-refractivity contribution is -0.155. The second-order valence-corrected chi connectivity index (χ2v) is 6.19. The number of esters is 2. The van der Waals surface area contributed by atoms with E-state index in [-0.39, 0.29) is 36.5 Å². The maximum atomic E-state index is 11.4. The van der Waals surface area contributed by atoms with Gasteiger partial charge in [-0.1, -0.05) is 41.5 Å². The van der Waals surface area contributed by atoms with Gasteiger partial charge in [0.25, 0.3) is 0 Å². The van der Waals surface area contributed by atoms with Crippen LogP contribution in [0.5, 0.6) is 0 Å². The number of hydrogen-bond donors (Lipinski definition) is 0. The Hall–Kier alpha value is -1.06. The van der Waals surface area contributed by atoms with Crippen LogP contribution in [0.4, 0.5) is 0 Å². The molecule has 0 aromatic carbocycles. The number of hydrogen-bond acceptors (Lipinski definition) is 4. The Kier molecular flexibility index (Phi) is 6.96. The SMILES string of the molecule is CC(C)CC(=O)OCC(C)(C)COC(=O)C(C)C. The van der Waals surface area contributed by atoms with Crippen molar-refractivity contribution < 1.29 is 19.1 Å². The third kappa shape index (κ3) is 8.09. The molecular formula is C14H26O4. The van der Waals surface area contributed by atoms with Crippen molar-refractivity contribution in [1.29, 1.82) is 0 Å². The third-order valence-corrected chi connectivity index (χ3v) is 2.28. The van der Waals surface area contributed by atoms with Gasteiger partial charge in [0.1, 0.15) is 0 Å². The fourth-order valence-corrected chi connectivity index (χ4v) is 1.14. The van der Waals surface area contributed by atoms with Gasteiger partial charge in [-0.15, -0.1) is 0 Å². The fourth-order valence-electron chi connectivity index (χ4n) is 1.14. The van der Waals surface area contributed by atoms with Gasteiger partial charge in [-0.25, -0.2) is 0 Å². The Morgan fingerprint density at radius 2 is 1.50 bits per heavy atom. The number of carbonyl (C=O) groups is 2. The Balaban J connectivity index is 4.00. The second-order valence-electron chi connectivity index (χ2n) is 6.19. The first-order chi connectivity index (χ1) is 8.14. The maximum absolute atomic E-state index is 11.4. The third-order valence-electron chi connectivity index (χ3n) is 2.28. The molecule has 106 valence electrons. The van der Waals surface area contributed by atoms with Crippen LogP contribution in [0.1, 0.15) is 48.0 Å². The molecule has 0 amide bonds. The topological polar surface area (TPSA) is 52.6 Å². The molecule has 0 saturated heterocycles. The molecule has 4 nitrogen and oxygen atoms in total. The summed E-state index contributed by atoms with van der Waals surface area (Å²) in [5.74, 6) is -0.270. The van der Waals surface area contributed by atoms with Crippen LogP contribution in [-0.2, 0) is 19.1 Å². The van der Waals surface area contributed by atoms with Gasteiger partial charge in [-0.3, -0.25) is 9.59 Å². The molecule has 0 saturated carbocycles. The zero-order valence-electron chi connectivity index (χ0n) is 12.4. The van der Waals surface area contributed by atoms with Gasteiger partial charge in [-0.2, -0.15) is 0 Å². The Morgan fingerprint density at radius 3 is 1.94 bits per heavy atom. The highest BCUT2D eigenvalue weighted by Gasteiger charge is 2.23. The van der Waals surface area contributed by atoms with Crippen LogP contribution < -0.4 is 0 Å². The molecular weight excluding hydrogens is 232 g/mol. The highest BCUT2D eigenvalue weighted by Crippen LogP contribution is 2.17. The monoisotopic (exact) mass is 258 g/mol. The van der Waals surface area contributed by atoms with Crippen LogP contribution in [0.15, 0.2) is 0 Å². The normalized spacial score (nSPS) is 11.8. The molecule has 0 aromatic heterocycles. The van der Waals surface area contributed by atoms with Gasteiger partial charge >= 0.3 is 11.9 Å². The van der Waals surface area contributed by atoms with E-state index in [9.17, 15) is 9.59 Å². The van der Waals surface area contributed by atoms with Gasteiger partial charge in [0, 0.05) is 11.8 Å². The van der Waals surface area contributed by atoms with Crippen molar-refractivity contribution in [2.24, 2.45) is 17.3 Å². The first-order valence-corrected chi connectivity index (χ1v) is 6.46. The fraction of sp³-hybridized carbons (Fsp3) is 0.857. The minimum absolute atomic E-state index is 0.135. The summed E-state index contributed by atoms with van der Waals surface area (Å²) in [5, 5.41) is 0. The summed E-state index contributed by atoms with van der Waals surface area (Å²) in [6, 6.07) is 0. The average molecular weight is 258 g/mol. The molecule has 0 aromatic rings. The molecule has 0 radical (unpaired) electrons. The summed E-state index contributed by atoms with van der Waals surface area (Å²) in [7, 11) is 0. The molecule has 18 heavy (non-hydrogen) atoms. The zero-order valence-corrected chi connectivity index (χ0v) is 12.4. The molecule has 0 fully saturated rings. The van der Waals surface area contributed by atoms with Crippen molar-refractivity contribution in [1.82, 2.24) is 0 Å². The predicted octanol–water partition coefficient (Wildman–Crippen LogP) is 2.80. The second kappa shape index (κ2) is 7.39. The molecule has 0 aliphatic rings. The van der Waals surface area contributed by atoms with Crippen LogP contribution in [0.2, 0.25) is 0 Å². The molecule has 0 bridgehead atoms. The first-order valence-electron chi connectivity index (χ1n) is 6.46. The molecule has 0 aliphatic heterocycles. The van der Waals surface area contributed by atoms with Crippen molar-refractivity contribution in [2.75, 3.05) is 13.2 Å². The standard InChI is InChI=1S/C14H26O4/c1-10(2)7-12(15)17-8-14(5,6)9-18-13(16)11(3)4/h10-11H,7-9H2,1-6H3. The van der Waals surface area contributed by atoms with Crippen molar-refractivity contribution >= 4 is 11.9 Å². The van der Waals surface area contributed by atoms with E-state index in [0.717, 1.165) is 0 Å². The average Bonchev–Trinajstić information content (AvgIpc) is 2.22. The van der Waals surface area contributed by atoms with Crippen LogP contribution in [0.25, 0.3) is 0 Å². The minimum Gasteiger partial charge on any atom is -0.465 e. The summed E-state index contributed by atoms with van der Waals surface area (Å²) in [6.07, 6.45) is 0.419. The van der Waals surface area contributed by atoms with Gasteiger partial charge in [0.05, 0.1) is 19.1 Å². The van der Waals surface area contributed by atoms with E-state index >= 15 is 0 Å². The van der Waals surface area contributed by atoms with Crippen molar-refractivity contribution in [3.8, 4) is 0 Å². The lowest BCUT2D eigenvalue weighted by Crippen LogP contribution is -2.29. The van der Waals surface area contributed by atoms with Crippen molar-refractivity contribution in [2.45, 2.75) is 48.0 Å². The molecule has 0 spiro atoms. The van der Waals surface area contributed by atoms with E-state index in [2.05, 4.69) is 0 Å². The Labute approximate surface area is 110 Å². The lowest BCUT2D eigenvalue weighted by Gasteiger charge is -2.24. The van der Waals surface area contributed by atoms with E-state index in [1.54, 1.807) is 13.8 Å². The molecule has 0 unspecified atom stereocenters. The lowest BCUT2D eigenvalue weighted by atomic mass is 9.96. The summed E-state index contributed by atoms with van der Waals surface area (Å²) >= 11 is 0. The van der Waals surface area contributed by atoms with Crippen molar-refractivity contribution in [3.05, 3.63) is 0 Å². The number of carbonyl (C=O) groups excluding carboxylic acids is 2. The summed E-state index contributed by atoms with van der Waals surface area (Å²) in [4.78, 5) is 22.8. The van der Waals surface area contributed by atoms with E-state index in [1.807, 2.05) is 27.7 Å². The van der Waals surface area contributed by atoms with Gasteiger partial charge < -0.3 is 9.47 Å². The minimum atomic E-state index is -0.350. The molecule has 0 atom stereocenters. The van der Waals surface area contributed by atoms with Gasteiger partial charge in [0.2, 0.25) is 0 Å². The van der Waals surface area contributed by atoms with Crippen molar-refractivity contribution in [3.63, 3.8) is 0 Å². The van der Waals surface area contributed by atoms with Crippen LogP contribution in [0, 0.1) is 17.3 Å². The summed E-state index contributed by atoms with van der Waals surface area (Å²) in [5.41, 5.74) is -0.350. The number of ether oxygens (including phenoxy) is 2. The summed E-state index contributed by atoms with van der Waals surface area (Å²) in [6.45, 7) is 11.9. The molecule has 4 heteroatoms. The van der Waals surface area contributed by atoms with Crippen LogP contribution >= 0.6 is 0 Å². The van der Waals surface area contributed by atoms with E-state index < -0.39 is 0 Å². The molecule has 0 N–H and O–H groups in total. The summed E-state index contributed by atoms with van der Waals surface area (Å²) < 4.78 is 10.3. The van der Waals surface area contributed by atoms with Crippen LogP contribution in [-0.4, -0.2) is 25.2 Å². The zero-order chi connectivity index (χ0) is 14.3. The molecule has 0 rings (SSSR count).